The molecule has 84 valence electrons. The van der Waals surface area contributed by atoms with Gasteiger partial charge in [-0.25, -0.2) is 13.4 Å². The van der Waals surface area contributed by atoms with Crippen molar-refractivity contribution in [1.29, 1.82) is 0 Å². The van der Waals surface area contributed by atoms with Crippen LogP contribution < -0.4 is 0 Å². The van der Waals surface area contributed by atoms with Gasteiger partial charge in [0.1, 0.15) is 0 Å². The van der Waals surface area contributed by atoms with E-state index in [2.05, 4.69) is 9.97 Å². The van der Waals surface area contributed by atoms with E-state index in [1.54, 1.807) is 6.07 Å². The van der Waals surface area contributed by atoms with Crippen LogP contribution in [-0.4, -0.2) is 30.4 Å². The summed E-state index contributed by atoms with van der Waals surface area (Å²) in [6.45, 7) is 1.40. The Balaban J connectivity index is 2.67. The summed E-state index contributed by atoms with van der Waals surface area (Å²) in [4.78, 5) is 18.1. The van der Waals surface area contributed by atoms with Crippen molar-refractivity contribution < 1.29 is 13.2 Å². The molecule has 0 saturated heterocycles. The zero-order chi connectivity index (χ0) is 11.9. The number of nitrogens with zero attached hydrogens (tertiary/aromatic N) is 1. The molecule has 0 spiro atoms. The Bertz CT molecular complexity index is 670. The Morgan fingerprint density at radius 3 is 2.62 bits per heavy atom. The molecule has 0 amide bonds. The average molecular weight is 238 g/mol. The van der Waals surface area contributed by atoms with Crippen molar-refractivity contribution >= 4 is 26.7 Å². The van der Waals surface area contributed by atoms with Crippen molar-refractivity contribution in [3.05, 3.63) is 24.0 Å². The van der Waals surface area contributed by atoms with Crippen molar-refractivity contribution in [3.63, 3.8) is 0 Å². The van der Waals surface area contributed by atoms with Gasteiger partial charge in [0.05, 0.1) is 15.9 Å². The van der Waals surface area contributed by atoms with Gasteiger partial charge >= 0.3 is 0 Å². The van der Waals surface area contributed by atoms with Crippen LogP contribution in [0.4, 0.5) is 0 Å². The summed E-state index contributed by atoms with van der Waals surface area (Å²) in [5, 5.41) is 0. The van der Waals surface area contributed by atoms with Gasteiger partial charge in [-0.2, -0.15) is 0 Å². The zero-order valence-corrected chi connectivity index (χ0v) is 9.63. The third kappa shape index (κ3) is 1.83. The summed E-state index contributed by atoms with van der Waals surface area (Å²) in [6.07, 6.45) is 1.14. The molecule has 0 aliphatic heterocycles. The summed E-state index contributed by atoms with van der Waals surface area (Å²) >= 11 is 0. The number of H-pyrrole nitrogens is 1. The number of Topliss-reactive ketones (excluding diaryl/α,β-unsaturated/α-hetero) is 1. The molecule has 0 bridgehead atoms. The first-order valence-corrected chi connectivity index (χ1v) is 6.48. The van der Waals surface area contributed by atoms with Crippen molar-refractivity contribution in [1.82, 2.24) is 9.97 Å². The first-order chi connectivity index (χ1) is 7.38. The lowest BCUT2D eigenvalue weighted by Gasteiger charge is -1.96. The van der Waals surface area contributed by atoms with Crippen LogP contribution in [0.3, 0.4) is 0 Å². The second kappa shape index (κ2) is 3.41. The smallest absolute Gasteiger partial charge is 0.195 e. The molecule has 0 aliphatic rings. The molecule has 5 nitrogen and oxygen atoms in total. The molecule has 0 atom stereocenters. The largest absolute Gasteiger partial charge is 0.335 e. The number of nitrogens with one attached hydrogen (secondary N) is 1. The lowest BCUT2D eigenvalue weighted by Crippen LogP contribution is -1.96. The Morgan fingerprint density at radius 2 is 2.06 bits per heavy atom. The summed E-state index contributed by atoms with van der Waals surface area (Å²) in [5.74, 6) is 0.0535. The van der Waals surface area contributed by atoms with Crippen molar-refractivity contribution in [2.75, 3.05) is 6.26 Å². The van der Waals surface area contributed by atoms with Crippen LogP contribution in [0.1, 0.15) is 17.5 Å². The molecule has 2 rings (SSSR count). The molecule has 0 radical (unpaired) electrons. The van der Waals surface area contributed by atoms with E-state index in [9.17, 15) is 13.2 Å². The summed E-state index contributed by atoms with van der Waals surface area (Å²) < 4.78 is 22.6. The summed E-state index contributed by atoms with van der Waals surface area (Å²) in [6, 6.07) is 4.53. The molecule has 16 heavy (non-hydrogen) atoms. The minimum atomic E-state index is -3.24. The number of aromatic amines is 1. The average Bonchev–Trinajstić information content (AvgIpc) is 2.58. The third-order valence-corrected chi connectivity index (χ3v) is 3.33. The molecule has 0 saturated carbocycles. The number of benzene rings is 1. The number of hydrogen-bond donors (Lipinski definition) is 1. The molecule has 0 fully saturated rings. The van der Waals surface area contributed by atoms with E-state index in [1.807, 2.05) is 0 Å². The van der Waals surface area contributed by atoms with Gasteiger partial charge < -0.3 is 4.98 Å². The number of imidazole rings is 1. The zero-order valence-electron chi connectivity index (χ0n) is 8.81. The fourth-order valence-corrected chi connectivity index (χ4v) is 2.03. The number of aromatic nitrogens is 2. The van der Waals surface area contributed by atoms with Crippen molar-refractivity contribution in [3.8, 4) is 0 Å². The molecule has 1 aromatic heterocycles. The predicted octanol–water partition coefficient (Wildman–Crippen LogP) is 1.17. The molecule has 6 heteroatoms. The molecule has 1 N–H and O–H groups in total. The van der Waals surface area contributed by atoms with E-state index in [1.165, 1.54) is 19.1 Å². The molecule has 1 heterocycles. The van der Waals surface area contributed by atoms with E-state index in [-0.39, 0.29) is 16.5 Å². The maximum atomic E-state index is 11.3. The van der Waals surface area contributed by atoms with Gasteiger partial charge in [-0.1, -0.05) is 0 Å². The van der Waals surface area contributed by atoms with Crippen LogP contribution in [0.5, 0.6) is 0 Å². The highest BCUT2D eigenvalue weighted by atomic mass is 32.2. The lowest BCUT2D eigenvalue weighted by molar-refractivity contribution is 0.100. The summed E-state index contributed by atoms with van der Waals surface area (Å²) in [5.41, 5.74) is 1.13. The van der Waals surface area contributed by atoms with E-state index in [0.717, 1.165) is 6.26 Å². The van der Waals surface area contributed by atoms with Crippen LogP contribution >= 0.6 is 0 Å². The van der Waals surface area contributed by atoms with Gasteiger partial charge in [0.25, 0.3) is 0 Å². The van der Waals surface area contributed by atoms with Gasteiger partial charge in [0.2, 0.25) is 0 Å². The van der Waals surface area contributed by atoms with Crippen LogP contribution in [0.2, 0.25) is 0 Å². The highest BCUT2D eigenvalue weighted by Crippen LogP contribution is 2.17. The van der Waals surface area contributed by atoms with Gasteiger partial charge in [0, 0.05) is 13.2 Å². The fraction of sp³-hybridized carbons (Fsp3) is 0.200. The summed E-state index contributed by atoms with van der Waals surface area (Å²) in [7, 11) is -3.24. The normalized spacial score (nSPS) is 11.9. The Labute approximate surface area is 92.4 Å². The van der Waals surface area contributed by atoms with E-state index in [4.69, 9.17) is 0 Å². The number of fused-ring (bicyclic) bond motifs is 1. The SMILES string of the molecule is CC(=O)c1nc2ccc(S(C)(=O)=O)cc2[nH]1. The predicted molar refractivity (Wildman–Crippen MR) is 59.2 cm³/mol. The number of hydrogen-bond acceptors (Lipinski definition) is 4. The highest BCUT2D eigenvalue weighted by Gasteiger charge is 2.11. The topological polar surface area (TPSA) is 79.9 Å². The first kappa shape index (κ1) is 10.8. The van der Waals surface area contributed by atoms with Crippen molar-refractivity contribution in [2.24, 2.45) is 0 Å². The van der Waals surface area contributed by atoms with E-state index < -0.39 is 9.84 Å². The molecule has 0 aliphatic carbocycles. The number of rotatable bonds is 2. The minimum absolute atomic E-state index is 0.183. The molecular formula is C10H10N2O3S. The molecule has 0 unspecified atom stereocenters. The van der Waals surface area contributed by atoms with E-state index in [0.29, 0.717) is 11.0 Å². The third-order valence-electron chi connectivity index (χ3n) is 2.21. The monoisotopic (exact) mass is 238 g/mol. The van der Waals surface area contributed by atoms with Gasteiger partial charge in [-0.05, 0) is 18.2 Å². The Kier molecular flexibility index (Phi) is 2.31. The van der Waals surface area contributed by atoms with Gasteiger partial charge in [-0.15, -0.1) is 0 Å². The van der Waals surface area contributed by atoms with Crippen LogP contribution in [0.25, 0.3) is 11.0 Å². The number of ketones is 1. The molecule has 2 aromatic rings. The molecular weight excluding hydrogens is 228 g/mol. The van der Waals surface area contributed by atoms with Gasteiger partial charge in [0.15, 0.2) is 21.4 Å². The quantitative estimate of drug-likeness (QED) is 0.796. The first-order valence-electron chi connectivity index (χ1n) is 4.59. The van der Waals surface area contributed by atoms with Crippen molar-refractivity contribution in [2.45, 2.75) is 11.8 Å². The second-order valence-electron chi connectivity index (χ2n) is 3.59. The molecule has 1 aromatic carbocycles. The number of sulfone groups is 1. The minimum Gasteiger partial charge on any atom is -0.335 e. The van der Waals surface area contributed by atoms with E-state index >= 15 is 0 Å². The van der Waals surface area contributed by atoms with Crippen LogP contribution in [0.15, 0.2) is 23.1 Å². The standard InChI is InChI=1S/C10H10N2O3S/c1-6(13)10-11-8-4-3-7(16(2,14)15)5-9(8)12-10/h3-5H,1-2H3,(H,11,12). The maximum absolute atomic E-state index is 11.3. The van der Waals surface area contributed by atoms with Crippen LogP contribution in [-0.2, 0) is 9.84 Å². The maximum Gasteiger partial charge on any atom is 0.195 e. The Hall–Kier alpha value is -1.69. The number of carbonyl (C=O) groups is 1. The van der Waals surface area contributed by atoms with Gasteiger partial charge in [-0.3, -0.25) is 4.79 Å². The van der Waals surface area contributed by atoms with Crippen LogP contribution in [0, 0.1) is 0 Å². The fourth-order valence-electron chi connectivity index (χ4n) is 1.39. The highest BCUT2D eigenvalue weighted by molar-refractivity contribution is 7.90. The lowest BCUT2D eigenvalue weighted by atomic mass is 10.3. The second-order valence-corrected chi connectivity index (χ2v) is 5.61. The number of carbonyl (C=O) groups excluding carboxylic acids is 1. The Morgan fingerprint density at radius 1 is 1.38 bits per heavy atom.